The first-order valence-corrected chi connectivity index (χ1v) is 6.79. The van der Waals surface area contributed by atoms with Crippen molar-refractivity contribution < 1.29 is 4.79 Å². The molecule has 0 heterocycles. The Bertz CT molecular complexity index is 367. The first kappa shape index (κ1) is 15.1. The Labute approximate surface area is 117 Å². The molecule has 5 heteroatoms. The third kappa shape index (κ3) is 6.14. The molecule has 0 radical (unpaired) electrons. The van der Waals surface area contributed by atoms with Crippen molar-refractivity contribution in [2.75, 3.05) is 39.0 Å². The summed E-state index contributed by atoms with van der Waals surface area (Å²) < 4.78 is 1.00. The van der Waals surface area contributed by atoms with Crippen LogP contribution in [0.5, 0.6) is 0 Å². The Morgan fingerprint density at radius 2 is 2.00 bits per heavy atom. The van der Waals surface area contributed by atoms with Gasteiger partial charge in [-0.3, -0.25) is 9.69 Å². The molecule has 0 spiro atoms. The van der Waals surface area contributed by atoms with Crippen LogP contribution in [0.25, 0.3) is 0 Å². The van der Waals surface area contributed by atoms with Crippen molar-refractivity contribution in [2.24, 2.45) is 0 Å². The van der Waals surface area contributed by atoms with Gasteiger partial charge in [-0.1, -0.05) is 15.9 Å². The van der Waals surface area contributed by atoms with E-state index in [2.05, 4.69) is 26.6 Å². The van der Waals surface area contributed by atoms with Gasteiger partial charge in [0.15, 0.2) is 0 Å². The first-order valence-electron chi connectivity index (χ1n) is 6.00. The van der Waals surface area contributed by atoms with Gasteiger partial charge < -0.3 is 10.6 Å². The van der Waals surface area contributed by atoms with Crippen LogP contribution in [0, 0.1) is 0 Å². The molecule has 0 fully saturated rings. The number of anilines is 1. The highest BCUT2D eigenvalue weighted by Gasteiger charge is 2.06. The molecule has 0 unspecified atom stereocenters. The van der Waals surface area contributed by atoms with Crippen molar-refractivity contribution in [1.82, 2.24) is 10.2 Å². The smallest absolute Gasteiger partial charge is 0.238 e. The van der Waals surface area contributed by atoms with Gasteiger partial charge in [0, 0.05) is 10.2 Å². The zero-order chi connectivity index (χ0) is 13.4. The average Bonchev–Trinajstić information content (AvgIpc) is 2.32. The van der Waals surface area contributed by atoms with E-state index in [0.717, 1.165) is 29.7 Å². The van der Waals surface area contributed by atoms with Crippen LogP contribution in [0.1, 0.15) is 6.42 Å². The maximum atomic E-state index is 11.8. The maximum Gasteiger partial charge on any atom is 0.238 e. The predicted molar refractivity (Wildman–Crippen MR) is 78.8 cm³/mol. The van der Waals surface area contributed by atoms with Crippen LogP contribution in [0.15, 0.2) is 28.7 Å². The third-order valence-electron chi connectivity index (χ3n) is 2.51. The summed E-state index contributed by atoms with van der Waals surface area (Å²) in [4.78, 5) is 13.8. The van der Waals surface area contributed by atoms with Crippen LogP contribution in [0.2, 0.25) is 0 Å². The summed E-state index contributed by atoms with van der Waals surface area (Å²) in [5, 5.41) is 5.96. The summed E-state index contributed by atoms with van der Waals surface area (Å²) in [6.07, 6.45) is 1.04. The second kappa shape index (κ2) is 8.24. The molecule has 1 aromatic carbocycles. The molecule has 4 nitrogen and oxygen atoms in total. The summed E-state index contributed by atoms with van der Waals surface area (Å²) in [5.74, 6) is 0.0179. The fourth-order valence-corrected chi connectivity index (χ4v) is 1.85. The second-order valence-corrected chi connectivity index (χ2v) is 5.17. The Morgan fingerprint density at radius 1 is 1.33 bits per heavy atom. The zero-order valence-electron chi connectivity index (χ0n) is 10.9. The molecular formula is C13H20BrN3O. The number of carbonyl (C=O) groups excluding carboxylic acids is 1. The number of amides is 1. The Hall–Kier alpha value is -0.910. The minimum absolute atomic E-state index is 0.0179. The number of nitrogens with one attached hydrogen (secondary N) is 2. The summed E-state index contributed by atoms with van der Waals surface area (Å²) >= 11 is 3.36. The molecule has 18 heavy (non-hydrogen) atoms. The van der Waals surface area contributed by atoms with Crippen molar-refractivity contribution in [2.45, 2.75) is 6.42 Å². The first-order chi connectivity index (χ1) is 8.61. The van der Waals surface area contributed by atoms with Gasteiger partial charge in [0.1, 0.15) is 0 Å². The minimum Gasteiger partial charge on any atom is -0.325 e. The van der Waals surface area contributed by atoms with E-state index in [4.69, 9.17) is 0 Å². The van der Waals surface area contributed by atoms with E-state index < -0.39 is 0 Å². The zero-order valence-corrected chi connectivity index (χ0v) is 12.5. The molecule has 0 aliphatic rings. The van der Waals surface area contributed by atoms with Crippen molar-refractivity contribution in [1.29, 1.82) is 0 Å². The lowest BCUT2D eigenvalue weighted by atomic mass is 10.3. The van der Waals surface area contributed by atoms with E-state index in [1.165, 1.54) is 0 Å². The number of hydrogen-bond acceptors (Lipinski definition) is 3. The SMILES string of the molecule is CNCCCN(C)CC(=O)Nc1ccc(Br)cc1. The fraction of sp³-hybridized carbons (Fsp3) is 0.462. The van der Waals surface area contributed by atoms with Gasteiger partial charge in [-0.25, -0.2) is 0 Å². The molecule has 1 aromatic rings. The number of likely N-dealkylation sites (N-methyl/N-ethyl adjacent to an activating group) is 1. The fourth-order valence-electron chi connectivity index (χ4n) is 1.58. The molecule has 0 aliphatic heterocycles. The normalized spacial score (nSPS) is 10.7. The van der Waals surface area contributed by atoms with Crippen LogP contribution in [0.4, 0.5) is 5.69 Å². The highest BCUT2D eigenvalue weighted by atomic mass is 79.9. The minimum atomic E-state index is 0.0179. The Morgan fingerprint density at radius 3 is 2.61 bits per heavy atom. The van der Waals surface area contributed by atoms with Gasteiger partial charge in [-0.2, -0.15) is 0 Å². The topological polar surface area (TPSA) is 44.4 Å². The van der Waals surface area contributed by atoms with Gasteiger partial charge in [0.25, 0.3) is 0 Å². The maximum absolute atomic E-state index is 11.8. The van der Waals surface area contributed by atoms with E-state index >= 15 is 0 Å². The van der Waals surface area contributed by atoms with E-state index in [1.807, 2.05) is 43.3 Å². The van der Waals surface area contributed by atoms with Crippen molar-refractivity contribution in [3.8, 4) is 0 Å². The standard InChI is InChI=1S/C13H20BrN3O/c1-15-8-3-9-17(2)10-13(18)16-12-6-4-11(14)5-7-12/h4-7,15H,3,8-10H2,1-2H3,(H,16,18). The lowest BCUT2D eigenvalue weighted by molar-refractivity contribution is -0.117. The van der Waals surface area contributed by atoms with Gasteiger partial charge >= 0.3 is 0 Å². The van der Waals surface area contributed by atoms with Gasteiger partial charge in [-0.15, -0.1) is 0 Å². The van der Waals surface area contributed by atoms with E-state index in [0.29, 0.717) is 6.54 Å². The number of carbonyl (C=O) groups is 1. The van der Waals surface area contributed by atoms with Crippen molar-refractivity contribution >= 4 is 27.5 Å². The number of halogens is 1. The molecule has 0 atom stereocenters. The second-order valence-electron chi connectivity index (χ2n) is 4.25. The molecule has 100 valence electrons. The summed E-state index contributed by atoms with van der Waals surface area (Å²) in [5.41, 5.74) is 0.826. The van der Waals surface area contributed by atoms with Crippen LogP contribution in [-0.4, -0.2) is 44.5 Å². The van der Waals surface area contributed by atoms with E-state index in [1.54, 1.807) is 0 Å². The number of hydrogen-bond donors (Lipinski definition) is 2. The van der Waals surface area contributed by atoms with Crippen LogP contribution in [-0.2, 0) is 4.79 Å². The van der Waals surface area contributed by atoms with Gasteiger partial charge in [-0.05, 0) is 57.9 Å². The number of rotatable bonds is 7. The van der Waals surface area contributed by atoms with Crippen LogP contribution in [0.3, 0.4) is 0 Å². The third-order valence-corrected chi connectivity index (χ3v) is 3.04. The molecule has 0 aliphatic carbocycles. The molecule has 0 bridgehead atoms. The monoisotopic (exact) mass is 313 g/mol. The number of benzene rings is 1. The lowest BCUT2D eigenvalue weighted by Crippen LogP contribution is -2.31. The average molecular weight is 314 g/mol. The summed E-state index contributed by atoms with van der Waals surface area (Å²) in [7, 11) is 3.89. The van der Waals surface area contributed by atoms with Crippen molar-refractivity contribution in [3.63, 3.8) is 0 Å². The number of nitrogens with zero attached hydrogens (tertiary/aromatic N) is 1. The molecule has 2 N–H and O–H groups in total. The van der Waals surface area contributed by atoms with Crippen LogP contribution >= 0.6 is 15.9 Å². The van der Waals surface area contributed by atoms with Gasteiger partial charge in [0.2, 0.25) is 5.91 Å². The Kier molecular flexibility index (Phi) is 6.93. The quantitative estimate of drug-likeness (QED) is 0.756. The summed E-state index contributed by atoms with van der Waals surface area (Å²) in [6, 6.07) is 7.57. The highest BCUT2D eigenvalue weighted by Crippen LogP contribution is 2.13. The van der Waals surface area contributed by atoms with E-state index in [9.17, 15) is 4.79 Å². The molecule has 0 saturated heterocycles. The molecule has 1 rings (SSSR count). The summed E-state index contributed by atoms with van der Waals surface area (Å²) in [6.45, 7) is 2.30. The molecule has 0 aromatic heterocycles. The van der Waals surface area contributed by atoms with Gasteiger partial charge in [0.05, 0.1) is 6.54 Å². The molecule has 1 amide bonds. The van der Waals surface area contributed by atoms with E-state index in [-0.39, 0.29) is 5.91 Å². The molecular weight excluding hydrogens is 294 g/mol. The largest absolute Gasteiger partial charge is 0.325 e. The van der Waals surface area contributed by atoms with Crippen LogP contribution < -0.4 is 10.6 Å². The van der Waals surface area contributed by atoms with Crippen molar-refractivity contribution in [3.05, 3.63) is 28.7 Å². The molecule has 0 saturated carbocycles. The lowest BCUT2D eigenvalue weighted by Gasteiger charge is -2.16. The highest BCUT2D eigenvalue weighted by molar-refractivity contribution is 9.10. The Balaban J connectivity index is 2.30. The predicted octanol–water partition coefficient (Wildman–Crippen LogP) is 1.93.